The summed E-state index contributed by atoms with van der Waals surface area (Å²) in [6.45, 7) is 3.97. The van der Waals surface area contributed by atoms with Crippen molar-refractivity contribution in [2.24, 2.45) is 0 Å². The van der Waals surface area contributed by atoms with Gasteiger partial charge in [0.05, 0.1) is 15.7 Å². The van der Waals surface area contributed by atoms with Gasteiger partial charge in [0, 0.05) is 0 Å². The minimum Gasteiger partial charge on any atom is -0.486 e. The number of rotatable bonds is 5. The van der Waals surface area contributed by atoms with Gasteiger partial charge in [-0.1, -0.05) is 65.7 Å². The fourth-order valence-corrected chi connectivity index (χ4v) is 5.04. The monoisotopic (exact) mass is 544 g/mol. The Hall–Kier alpha value is -4.13. The number of imide groups is 2. The van der Waals surface area contributed by atoms with E-state index in [0.717, 1.165) is 32.4 Å². The van der Waals surface area contributed by atoms with E-state index in [1.54, 1.807) is 24.3 Å². The molecule has 190 valence electrons. The lowest BCUT2D eigenvalue weighted by atomic mass is 10.1. The van der Waals surface area contributed by atoms with E-state index in [0.29, 0.717) is 11.3 Å². The Morgan fingerprint density at radius 1 is 0.842 bits per heavy atom. The number of halogens is 2. The summed E-state index contributed by atoms with van der Waals surface area (Å²) in [6, 6.07) is 21.7. The second-order valence-corrected chi connectivity index (χ2v) is 9.90. The Morgan fingerprint density at radius 2 is 1.50 bits per heavy atom. The van der Waals surface area contributed by atoms with Gasteiger partial charge >= 0.3 is 6.03 Å². The molecule has 1 saturated heterocycles. The molecule has 4 aromatic rings. The van der Waals surface area contributed by atoms with Gasteiger partial charge in [0.2, 0.25) is 0 Å². The van der Waals surface area contributed by atoms with E-state index in [-0.39, 0.29) is 28.0 Å². The fraction of sp³-hybridized carbons (Fsp3) is 0.100. The molecule has 0 spiro atoms. The predicted molar refractivity (Wildman–Crippen MR) is 150 cm³/mol. The summed E-state index contributed by atoms with van der Waals surface area (Å²) < 4.78 is 5.92. The van der Waals surface area contributed by atoms with Crippen LogP contribution in [0.2, 0.25) is 10.0 Å². The minimum atomic E-state index is -0.810. The molecule has 4 aromatic carbocycles. The van der Waals surface area contributed by atoms with E-state index >= 15 is 0 Å². The maximum atomic E-state index is 13.2. The van der Waals surface area contributed by atoms with Crippen LogP contribution in [0.4, 0.5) is 10.5 Å². The summed E-state index contributed by atoms with van der Waals surface area (Å²) in [5, 5.41) is 4.89. The van der Waals surface area contributed by atoms with Crippen LogP contribution in [0.1, 0.15) is 22.3 Å². The van der Waals surface area contributed by atoms with E-state index in [2.05, 4.69) is 5.32 Å². The molecule has 1 fully saturated rings. The summed E-state index contributed by atoms with van der Waals surface area (Å²) in [5.74, 6) is -1.26. The Labute approximate surface area is 229 Å². The third-order valence-corrected chi connectivity index (χ3v) is 6.66. The topological polar surface area (TPSA) is 75.7 Å². The van der Waals surface area contributed by atoms with Gasteiger partial charge < -0.3 is 4.74 Å². The second-order valence-electron chi connectivity index (χ2n) is 9.09. The molecule has 6 nitrogen and oxygen atoms in total. The molecule has 1 N–H and O–H groups in total. The first-order valence-electron chi connectivity index (χ1n) is 11.8. The van der Waals surface area contributed by atoms with Crippen LogP contribution in [0.15, 0.2) is 78.4 Å². The first-order valence-corrected chi connectivity index (χ1v) is 12.5. The Bertz CT molecular complexity index is 1620. The van der Waals surface area contributed by atoms with Crippen molar-refractivity contribution in [2.45, 2.75) is 20.5 Å². The van der Waals surface area contributed by atoms with Crippen LogP contribution in [0.3, 0.4) is 0 Å². The van der Waals surface area contributed by atoms with E-state index in [9.17, 15) is 14.4 Å². The Morgan fingerprint density at radius 3 is 2.18 bits per heavy atom. The van der Waals surface area contributed by atoms with Gasteiger partial charge in [0.1, 0.15) is 12.2 Å². The van der Waals surface area contributed by atoms with E-state index in [1.807, 2.05) is 62.4 Å². The fourth-order valence-electron chi connectivity index (χ4n) is 4.42. The molecular weight excluding hydrogens is 523 g/mol. The SMILES string of the molecule is Cc1cc(C)cc(N2C(=O)NC(=O)/C(=C\c3cc(Cl)c(OCc4ccc5ccccc5c4)c(Cl)c3)C2=O)c1. The number of urea groups is 1. The number of ether oxygens (including phenoxy) is 1. The first-order chi connectivity index (χ1) is 18.2. The maximum Gasteiger partial charge on any atom is 0.335 e. The van der Waals surface area contributed by atoms with Crippen molar-refractivity contribution in [1.82, 2.24) is 5.32 Å². The summed E-state index contributed by atoms with van der Waals surface area (Å²) in [5.41, 5.74) is 3.26. The zero-order valence-corrected chi connectivity index (χ0v) is 22.1. The lowest BCUT2D eigenvalue weighted by Gasteiger charge is -2.27. The van der Waals surface area contributed by atoms with Crippen LogP contribution in [0, 0.1) is 13.8 Å². The molecule has 0 saturated carbocycles. The van der Waals surface area contributed by atoms with Crippen molar-refractivity contribution in [3.63, 3.8) is 0 Å². The summed E-state index contributed by atoms with van der Waals surface area (Å²) >= 11 is 13.0. The van der Waals surface area contributed by atoms with Crippen LogP contribution in [-0.4, -0.2) is 17.8 Å². The number of nitrogens with zero attached hydrogens (tertiary/aromatic N) is 1. The lowest BCUT2D eigenvalue weighted by molar-refractivity contribution is -0.122. The average molecular weight is 545 g/mol. The number of anilines is 1. The zero-order valence-electron chi connectivity index (χ0n) is 20.5. The zero-order chi connectivity index (χ0) is 27.0. The van der Waals surface area contributed by atoms with Gasteiger partial charge in [-0.3, -0.25) is 14.9 Å². The maximum absolute atomic E-state index is 13.2. The average Bonchev–Trinajstić information content (AvgIpc) is 2.85. The van der Waals surface area contributed by atoms with Crippen LogP contribution >= 0.6 is 23.2 Å². The summed E-state index contributed by atoms with van der Waals surface area (Å²) in [7, 11) is 0. The van der Waals surface area contributed by atoms with Crippen molar-refractivity contribution < 1.29 is 19.1 Å². The molecule has 1 aliphatic rings. The van der Waals surface area contributed by atoms with Crippen molar-refractivity contribution in [3.8, 4) is 5.75 Å². The third kappa shape index (κ3) is 5.14. The molecule has 1 heterocycles. The summed E-state index contributed by atoms with van der Waals surface area (Å²) in [6.07, 6.45) is 1.35. The van der Waals surface area contributed by atoms with Gasteiger partial charge in [0.15, 0.2) is 5.75 Å². The highest BCUT2D eigenvalue weighted by Gasteiger charge is 2.37. The normalized spacial score (nSPS) is 14.8. The van der Waals surface area contributed by atoms with E-state index in [4.69, 9.17) is 27.9 Å². The van der Waals surface area contributed by atoms with E-state index in [1.165, 1.54) is 6.08 Å². The number of benzene rings is 4. The van der Waals surface area contributed by atoms with Crippen molar-refractivity contribution in [2.75, 3.05) is 4.90 Å². The molecule has 0 atom stereocenters. The molecule has 1 aliphatic heterocycles. The van der Waals surface area contributed by atoms with Gasteiger partial charge in [-0.05, 0) is 83.3 Å². The third-order valence-electron chi connectivity index (χ3n) is 6.09. The summed E-state index contributed by atoms with van der Waals surface area (Å²) in [4.78, 5) is 39.3. The molecular formula is C30H22Cl2N2O4. The number of nitrogens with one attached hydrogen (secondary N) is 1. The number of carbonyl (C=O) groups is 3. The van der Waals surface area contributed by atoms with Gasteiger partial charge in [-0.25, -0.2) is 9.69 Å². The Balaban J connectivity index is 1.40. The second kappa shape index (κ2) is 10.3. The van der Waals surface area contributed by atoms with Crippen LogP contribution in [-0.2, 0) is 16.2 Å². The quantitative estimate of drug-likeness (QED) is 0.216. The largest absolute Gasteiger partial charge is 0.486 e. The van der Waals surface area contributed by atoms with Crippen LogP contribution in [0.25, 0.3) is 16.8 Å². The minimum absolute atomic E-state index is 0.219. The van der Waals surface area contributed by atoms with Crippen molar-refractivity contribution >= 4 is 63.6 Å². The first kappa shape index (κ1) is 25.5. The van der Waals surface area contributed by atoms with Crippen LogP contribution in [0.5, 0.6) is 5.75 Å². The number of hydrogen-bond acceptors (Lipinski definition) is 4. The predicted octanol–water partition coefficient (Wildman–Crippen LogP) is 7.01. The van der Waals surface area contributed by atoms with Gasteiger partial charge in [-0.2, -0.15) is 0 Å². The van der Waals surface area contributed by atoms with Gasteiger partial charge in [-0.15, -0.1) is 0 Å². The highest BCUT2D eigenvalue weighted by atomic mass is 35.5. The van der Waals surface area contributed by atoms with Crippen molar-refractivity contribution in [3.05, 3.63) is 111 Å². The molecule has 0 unspecified atom stereocenters. The van der Waals surface area contributed by atoms with Crippen LogP contribution < -0.4 is 15.0 Å². The Kier molecular flexibility index (Phi) is 6.93. The highest BCUT2D eigenvalue weighted by molar-refractivity contribution is 6.40. The molecule has 4 amide bonds. The molecule has 0 aromatic heterocycles. The standard InChI is InChI=1S/C30H22Cl2N2O4/c1-17-9-18(2)11-23(10-17)34-29(36)24(28(35)33-30(34)37)13-20-14-25(31)27(26(32)15-20)38-16-19-7-8-21-5-3-4-6-22(21)12-19/h3-15H,16H2,1-2H3,(H,33,35,37)/b24-13+. The highest BCUT2D eigenvalue weighted by Crippen LogP contribution is 2.36. The molecule has 0 radical (unpaired) electrons. The number of carbonyl (C=O) groups excluding carboxylic acids is 3. The molecule has 0 bridgehead atoms. The number of amides is 4. The number of aryl methyl sites for hydroxylation is 2. The number of fused-ring (bicyclic) bond motifs is 1. The van der Waals surface area contributed by atoms with Gasteiger partial charge in [0.25, 0.3) is 11.8 Å². The molecule has 0 aliphatic carbocycles. The molecule has 5 rings (SSSR count). The molecule has 38 heavy (non-hydrogen) atoms. The van der Waals surface area contributed by atoms with Crippen molar-refractivity contribution in [1.29, 1.82) is 0 Å². The number of hydrogen-bond donors (Lipinski definition) is 1. The lowest BCUT2D eigenvalue weighted by Crippen LogP contribution is -2.54. The molecule has 8 heteroatoms. The van der Waals surface area contributed by atoms with E-state index < -0.39 is 17.8 Å². The smallest absolute Gasteiger partial charge is 0.335 e. The number of barbiturate groups is 1.